The van der Waals surface area contributed by atoms with Crippen LogP contribution in [0.5, 0.6) is 0 Å². The smallest absolute Gasteiger partial charge is 0.333 e. The Balaban J connectivity index is 1.44. The molecule has 4 nitrogen and oxygen atoms in total. The van der Waals surface area contributed by atoms with Crippen LogP contribution >= 0.6 is 0 Å². The van der Waals surface area contributed by atoms with Gasteiger partial charge in [-0.1, -0.05) is 24.3 Å². The fourth-order valence-electron chi connectivity index (χ4n) is 5.45. The minimum atomic E-state index is -0.107. The summed E-state index contributed by atoms with van der Waals surface area (Å²) >= 11 is 0. The van der Waals surface area contributed by atoms with Crippen molar-refractivity contribution in [2.75, 3.05) is 13.2 Å². The number of nitrogens with one attached hydrogen (secondary N) is 1. The van der Waals surface area contributed by atoms with Gasteiger partial charge in [0.1, 0.15) is 0 Å². The van der Waals surface area contributed by atoms with Gasteiger partial charge in [0.15, 0.2) is 0 Å². The number of rotatable bonds is 2. The van der Waals surface area contributed by atoms with Gasteiger partial charge in [-0.15, -0.1) is 0 Å². The first-order valence-electron chi connectivity index (χ1n) is 9.99. The number of aromatic amines is 1. The molecule has 2 aromatic rings. The molecular formula is C22H26N2O2. The summed E-state index contributed by atoms with van der Waals surface area (Å²) in [4.78, 5) is 18.5. The zero-order chi connectivity index (χ0) is 17.7. The summed E-state index contributed by atoms with van der Waals surface area (Å²) in [7, 11) is 0. The summed E-state index contributed by atoms with van der Waals surface area (Å²) in [5.74, 6) is 0.384. The van der Waals surface area contributed by atoms with Gasteiger partial charge in [0.2, 0.25) is 0 Å². The number of carbonyl (C=O) groups excluding carboxylic acids is 1. The molecule has 1 aromatic heterocycles. The molecule has 5 rings (SSSR count). The van der Waals surface area contributed by atoms with Crippen LogP contribution in [0.25, 0.3) is 10.9 Å². The summed E-state index contributed by atoms with van der Waals surface area (Å²) in [6.07, 6.45) is 7.58. The topological polar surface area (TPSA) is 45.3 Å². The average Bonchev–Trinajstić information content (AvgIpc) is 3.06. The molecule has 0 radical (unpaired) electrons. The molecule has 1 N–H and O–H groups in total. The first-order valence-corrected chi connectivity index (χ1v) is 9.99. The van der Waals surface area contributed by atoms with Crippen LogP contribution < -0.4 is 0 Å². The molecule has 0 saturated carbocycles. The summed E-state index contributed by atoms with van der Waals surface area (Å²) < 4.78 is 5.22. The molecule has 0 spiro atoms. The predicted octanol–water partition coefficient (Wildman–Crippen LogP) is 4.13. The molecule has 4 heteroatoms. The molecule has 1 fully saturated rings. The second-order valence-electron chi connectivity index (χ2n) is 7.83. The van der Waals surface area contributed by atoms with Crippen LogP contribution in [0.2, 0.25) is 0 Å². The van der Waals surface area contributed by atoms with Crippen LogP contribution in [0.3, 0.4) is 0 Å². The quantitative estimate of drug-likeness (QED) is 0.829. The third kappa shape index (κ3) is 2.43. The lowest BCUT2D eigenvalue weighted by Crippen LogP contribution is -2.50. The number of aromatic nitrogens is 1. The van der Waals surface area contributed by atoms with Crippen molar-refractivity contribution in [1.29, 1.82) is 0 Å². The Bertz CT molecular complexity index is 881. The Morgan fingerprint density at radius 1 is 1.23 bits per heavy atom. The lowest BCUT2D eigenvalue weighted by molar-refractivity contribution is -0.139. The van der Waals surface area contributed by atoms with Crippen LogP contribution in [-0.2, 0) is 16.0 Å². The number of H-pyrrole nitrogens is 1. The number of piperidine rings is 1. The highest BCUT2D eigenvalue weighted by Gasteiger charge is 2.42. The van der Waals surface area contributed by atoms with E-state index in [9.17, 15) is 4.79 Å². The number of ether oxygens (including phenoxy) is 1. The molecule has 136 valence electrons. The number of nitrogens with zero attached hydrogens (tertiary/aromatic N) is 1. The van der Waals surface area contributed by atoms with Crippen LogP contribution in [0, 0.1) is 5.92 Å². The maximum absolute atomic E-state index is 12.1. The fraction of sp³-hybridized carbons (Fsp3) is 0.500. The van der Waals surface area contributed by atoms with E-state index in [2.05, 4.69) is 40.2 Å². The standard InChI is InChI=1S/C22H26N2O2/c1-2-26-22(25)15-8-9-19-14(13-15)7-10-20-21-17(11-12-24(19)20)16-5-3-4-6-18(16)23-21/h3-6,13-14,19-20,23H,2,7-12H2,1H3/t14-,19-,20-/m1/s1. The summed E-state index contributed by atoms with van der Waals surface area (Å²) in [5, 5.41) is 1.40. The van der Waals surface area contributed by atoms with Gasteiger partial charge in [0, 0.05) is 34.8 Å². The molecule has 3 aliphatic rings. The van der Waals surface area contributed by atoms with Crippen molar-refractivity contribution in [2.45, 2.75) is 51.1 Å². The highest BCUT2D eigenvalue weighted by molar-refractivity contribution is 5.88. The molecule has 0 unspecified atom stereocenters. The summed E-state index contributed by atoms with van der Waals surface area (Å²) in [6.45, 7) is 3.46. The van der Waals surface area contributed by atoms with E-state index in [0.29, 0.717) is 24.6 Å². The predicted molar refractivity (Wildman–Crippen MR) is 102 cm³/mol. The third-order valence-electron chi connectivity index (χ3n) is 6.56. The van der Waals surface area contributed by atoms with E-state index in [1.165, 1.54) is 22.2 Å². The van der Waals surface area contributed by atoms with Gasteiger partial charge in [-0.05, 0) is 56.6 Å². The van der Waals surface area contributed by atoms with E-state index in [1.807, 2.05) is 6.92 Å². The van der Waals surface area contributed by atoms with E-state index in [-0.39, 0.29) is 5.97 Å². The third-order valence-corrected chi connectivity index (χ3v) is 6.56. The first kappa shape index (κ1) is 16.1. The van der Waals surface area contributed by atoms with E-state index in [4.69, 9.17) is 4.74 Å². The molecule has 0 amide bonds. The molecule has 1 saturated heterocycles. The molecule has 2 aliphatic heterocycles. The number of hydrogen-bond acceptors (Lipinski definition) is 3. The van der Waals surface area contributed by atoms with Crippen LogP contribution in [0.4, 0.5) is 0 Å². The second kappa shape index (κ2) is 6.27. The Morgan fingerprint density at radius 2 is 2.12 bits per heavy atom. The van der Waals surface area contributed by atoms with Gasteiger partial charge >= 0.3 is 5.97 Å². The maximum atomic E-state index is 12.1. The molecule has 3 atom stereocenters. The molecule has 3 heterocycles. The number of carbonyl (C=O) groups is 1. The highest BCUT2D eigenvalue weighted by Crippen LogP contribution is 2.46. The Hall–Kier alpha value is -2.07. The van der Waals surface area contributed by atoms with Gasteiger partial charge in [-0.25, -0.2) is 4.79 Å². The Morgan fingerprint density at radius 3 is 3.00 bits per heavy atom. The average molecular weight is 350 g/mol. The number of hydrogen-bond donors (Lipinski definition) is 1. The normalized spacial score (nSPS) is 28.0. The minimum Gasteiger partial charge on any atom is -0.463 e. The van der Waals surface area contributed by atoms with E-state index < -0.39 is 0 Å². The van der Waals surface area contributed by atoms with Crippen molar-refractivity contribution in [2.24, 2.45) is 5.92 Å². The van der Waals surface area contributed by atoms with Crippen molar-refractivity contribution in [3.8, 4) is 0 Å². The maximum Gasteiger partial charge on any atom is 0.333 e. The molecule has 1 aliphatic carbocycles. The minimum absolute atomic E-state index is 0.107. The van der Waals surface area contributed by atoms with Crippen molar-refractivity contribution in [1.82, 2.24) is 9.88 Å². The van der Waals surface area contributed by atoms with Gasteiger partial charge in [-0.2, -0.15) is 0 Å². The number of esters is 1. The monoisotopic (exact) mass is 350 g/mol. The van der Waals surface area contributed by atoms with E-state index >= 15 is 0 Å². The number of benzene rings is 1. The fourth-order valence-corrected chi connectivity index (χ4v) is 5.45. The number of para-hydroxylation sites is 1. The molecule has 1 aromatic carbocycles. The zero-order valence-corrected chi connectivity index (χ0v) is 15.3. The lowest BCUT2D eigenvalue weighted by atomic mass is 9.75. The largest absolute Gasteiger partial charge is 0.463 e. The SMILES string of the molecule is CCOC(=O)C1=C[C@H]2CC[C@@H]3c4[nH]c5ccccc5c4CCN3[C@@H]2CC1. The van der Waals surface area contributed by atoms with Crippen LogP contribution in [0.15, 0.2) is 35.9 Å². The molecular weight excluding hydrogens is 324 g/mol. The Kier molecular flexibility index (Phi) is 3.89. The van der Waals surface area contributed by atoms with Crippen molar-refractivity contribution >= 4 is 16.9 Å². The summed E-state index contributed by atoms with van der Waals surface area (Å²) in [6, 6.07) is 9.76. The number of fused-ring (bicyclic) bond motifs is 7. The summed E-state index contributed by atoms with van der Waals surface area (Å²) in [5.41, 5.74) is 5.14. The van der Waals surface area contributed by atoms with E-state index in [1.54, 1.807) is 0 Å². The van der Waals surface area contributed by atoms with Crippen LogP contribution in [-0.4, -0.2) is 35.0 Å². The van der Waals surface area contributed by atoms with Gasteiger partial charge in [0.25, 0.3) is 0 Å². The highest BCUT2D eigenvalue weighted by atomic mass is 16.5. The van der Waals surface area contributed by atoms with Crippen molar-refractivity contribution in [3.63, 3.8) is 0 Å². The van der Waals surface area contributed by atoms with Crippen molar-refractivity contribution in [3.05, 3.63) is 47.2 Å². The molecule has 0 bridgehead atoms. The van der Waals surface area contributed by atoms with Gasteiger partial charge in [0.05, 0.1) is 12.6 Å². The van der Waals surface area contributed by atoms with Gasteiger partial charge in [-0.3, -0.25) is 4.90 Å². The zero-order valence-electron chi connectivity index (χ0n) is 15.3. The second-order valence-corrected chi connectivity index (χ2v) is 7.83. The van der Waals surface area contributed by atoms with E-state index in [0.717, 1.165) is 44.2 Å². The molecule has 26 heavy (non-hydrogen) atoms. The Labute approximate surface area is 154 Å². The first-order chi connectivity index (χ1) is 12.8. The van der Waals surface area contributed by atoms with Gasteiger partial charge < -0.3 is 9.72 Å². The van der Waals surface area contributed by atoms with Crippen LogP contribution in [0.1, 0.15) is 49.9 Å². The lowest BCUT2D eigenvalue weighted by Gasteiger charge is -2.49. The van der Waals surface area contributed by atoms with Crippen molar-refractivity contribution < 1.29 is 9.53 Å².